The monoisotopic (exact) mass is 232 g/mol. The highest BCUT2D eigenvalue weighted by molar-refractivity contribution is 5.69. The number of hydrogen-bond acceptors (Lipinski definition) is 4. The Balaban J connectivity index is 0. The van der Waals surface area contributed by atoms with Gasteiger partial charge in [-0.15, -0.1) is 0 Å². The zero-order chi connectivity index (χ0) is 10.1. The van der Waals surface area contributed by atoms with E-state index in [9.17, 15) is 4.79 Å². The van der Waals surface area contributed by atoms with Crippen molar-refractivity contribution in [2.24, 2.45) is 0 Å². The fourth-order valence-corrected chi connectivity index (χ4v) is 1.87. The highest BCUT2D eigenvalue weighted by atomic mass is 16.5. The molecule has 98 valence electrons. The zero-order valence-electron chi connectivity index (χ0n) is 10.5. The van der Waals surface area contributed by atoms with Gasteiger partial charge in [0.05, 0.1) is 6.61 Å². The Morgan fingerprint density at radius 1 is 0.688 bits per heavy atom. The largest absolute Gasteiger partial charge is 0.466 e. The Bertz CT molecular complexity index is 138. The van der Waals surface area contributed by atoms with Crippen LogP contribution in [0.5, 0.6) is 0 Å². The lowest BCUT2D eigenvalue weighted by atomic mass is 10.0. The molecule has 1 saturated heterocycles. The number of hydrogen-bond donors (Lipinski definition) is 2. The van der Waals surface area contributed by atoms with Crippen molar-refractivity contribution in [1.29, 1.82) is 0 Å². The van der Waals surface area contributed by atoms with E-state index in [0.717, 1.165) is 19.3 Å². The van der Waals surface area contributed by atoms with E-state index in [2.05, 4.69) is 0 Å². The van der Waals surface area contributed by atoms with Gasteiger partial charge >= 0.3 is 5.97 Å². The van der Waals surface area contributed by atoms with Crippen molar-refractivity contribution in [2.45, 2.75) is 64.2 Å². The van der Waals surface area contributed by atoms with Crippen LogP contribution in [-0.4, -0.2) is 12.6 Å². The molecule has 1 heterocycles. The van der Waals surface area contributed by atoms with Gasteiger partial charge in [-0.05, 0) is 19.3 Å². The van der Waals surface area contributed by atoms with Gasteiger partial charge in [-0.3, -0.25) is 4.79 Å². The molecular formula is C12H28N2O2. The molecule has 0 amide bonds. The number of carbonyl (C=O) groups excluding carboxylic acids is 1. The molecule has 0 bridgehead atoms. The maximum atomic E-state index is 10.5. The number of carbonyl (C=O) groups is 1. The fourth-order valence-electron chi connectivity index (χ4n) is 1.87. The lowest BCUT2D eigenvalue weighted by Gasteiger charge is -2.05. The fraction of sp³-hybridized carbons (Fsp3) is 0.917. The first-order valence-corrected chi connectivity index (χ1v) is 6.05. The molecule has 6 N–H and O–H groups in total. The maximum Gasteiger partial charge on any atom is 0.305 e. The first kappa shape index (κ1) is 17.8. The predicted octanol–water partition coefficient (Wildman–Crippen LogP) is 3.77. The van der Waals surface area contributed by atoms with E-state index in [1.54, 1.807) is 0 Å². The Labute approximate surface area is 99.3 Å². The molecule has 0 unspecified atom stereocenters. The first-order chi connectivity index (χ1) is 6.89. The van der Waals surface area contributed by atoms with E-state index < -0.39 is 0 Å². The summed E-state index contributed by atoms with van der Waals surface area (Å²) in [6.07, 6.45) is 12.8. The summed E-state index contributed by atoms with van der Waals surface area (Å²) >= 11 is 0. The Morgan fingerprint density at radius 3 is 1.62 bits per heavy atom. The quantitative estimate of drug-likeness (QED) is 0.621. The summed E-state index contributed by atoms with van der Waals surface area (Å²) in [5.41, 5.74) is 0. The lowest BCUT2D eigenvalue weighted by Crippen LogP contribution is -2.00. The van der Waals surface area contributed by atoms with Crippen LogP contribution in [-0.2, 0) is 9.53 Å². The van der Waals surface area contributed by atoms with E-state index in [1.807, 2.05) is 0 Å². The average molecular weight is 232 g/mol. The average Bonchev–Trinajstić information content (AvgIpc) is 2.49. The smallest absolute Gasteiger partial charge is 0.305 e. The summed E-state index contributed by atoms with van der Waals surface area (Å²) in [6, 6.07) is 0. The molecule has 2 rings (SSSR count). The number of ether oxygens (including phenoxy) is 1. The molecule has 0 aromatic heterocycles. The predicted molar refractivity (Wildman–Crippen MR) is 67.2 cm³/mol. The molecule has 0 atom stereocenters. The minimum atomic E-state index is -0.0255. The van der Waals surface area contributed by atoms with Crippen LogP contribution in [0, 0.1) is 0 Å². The zero-order valence-corrected chi connectivity index (χ0v) is 10.5. The highest BCUT2D eigenvalue weighted by Gasteiger charge is 2.05. The van der Waals surface area contributed by atoms with Crippen LogP contribution in [0.15, 0.2) is 0 Å². The van der Waals surface area contributed by atoms with Crippen LogP contribution in [0.25, 0.3) is 0 Å². The standard InChI is InChI=1S/C6H10O2.C6H12.2H3N/c7-6-4-2-1-3-5-8-6;1-2-4-6-5-3-1;;/h1-5H2;1-6H2;2*1H3. The third-order valence-corrected chi connectivity index (χ3v) is 2.79. The van der Waals surface area contributed by atoms with Crippen molar-refractivity contribution in [3.8, 4) is 0 Å². The third kappa shape index (κ3) is 9.93. The molecule has 1 aliphatic heterocycles. The molecule has 0 aromatic rings. The molecule has 2 fully saturated rings. The van der Waals surface area contributed by atoms with Gasteiger partial charge in [0.2, 0.25) is 0 Å². The van der Waals surface area contributed by atoms with Crippen LogP contribution in [0.3, 0.4) is 0 Å². The Hall–Kier alpha value is -0.610. The van der Waals surface area contributed by atoms with Crippen molar-refractivity contribution >= 4 is 5.97 Å². The summed E-state index contributed by atoms with van der Waals surface area (Å²) in [4.78, 5) is 10.5. The SMILES string of the molecule is C1CCCCC1.N.N.O=C1CCCCCO1. The molecule has 0 aromatic carbocycles. The normalized spacial score (nSPS) is 19.9. The summed E-state index contributed by atoms with van der Waals surface area (Å²) in [5, 5.41) is 0. The van der Waals surface area contributed by atoms with Gasteiger partial charge in [0.25, 0.3) is 0 Å². The van der Waals surface area contributed by atoms with Crippen LogP contribution in [0.2, 0.25) is 0 Å². The van der Waals surface area contributed by atoms with E-state index in [-0.39, 0.29) is 18.3 Å². The van der Waals surface area contributed by atoms with Gasteiger partial charge in [-0.1, -0.05) is 38.5 Å². The van der Waals surface area contributed by atoms with Crippen LogP contribution in [0.1, 0.15) is 64.2 Å². The summed E-state index contributed by atoms with van der Waals surface area (Å²) in [7, 11) is 0. The van der Waals surface area contributed by atoms with Gasteiger partial charge in [-0.2, -0.15) is 0 Å². The second kappa shape index (κ2) is 12.5. The molecule has 4 nitrogen and oxygen atoms in total. The summed E-state index contributed by atoms with van der Waals surface area (Å²) in [5.74, 6) is -0.0255. The molecule has 4 heteroatoms. The molecule has 1 aliphatic carbocycles. The van der Waals surface area contributed by atoms with Gasteiger partial charge in [0.15, 0.2) is 0 Å². The third-order valence-electron chi connectivity index (χ3n) is 2.79. The molecule has 1 saturated carbocycles. The van der Waals surface area contributed by atoms with Crippen molar-refractivity contribution in [2.75, 3.05) is 6.61 Å². The van der Waals surface area contributed by atoms with E-state index >= 15 is 0 Å². The molecule has 16 heavy (non-hydrogen) atoms. The second-order valence-corrected chi connectivity index (χ2v) is 4.15. The van der Waals surface area contributed by atoms with Crippen molar-refractivity contribution in [1.82, 2.24) is 12.3 Å². The molecule has 2 aliphatic rings. The van der Waals surface area contributed by atoms with E-state index in [4.69, 9.17) is 4.74 Å². The molecule has 0 spiro atoms. The Morgan fingerprint density at radius 2 is 1.12 bits per heavy atom. The number of cyclic esters (lactones) is 1. The maximum absolute atomic E-state index is 10.5. The van der Waals surface area contributed by atoms with Gasteiger partial charge < -0.3 is 17.0 Å². The van der Waals surface area contributed by atoms with Crippen molar-refractivity contribution in [3.63, 3.8) is 0 Å². The van der Waals surface area contributed by atoms with Crippen LogP contribution in [0.4, 0.5) is 0 Å². The number of esters is 1. The van der Waals surface area contributed by atoms with Gasteiger partial charge in [0, 0.05) is 6.42 Å². The second-order valence-electron chi connectivity index (χ2n) is 4.15. The van der Waals surface area contributed by atoms with Gasteiger partial charge in [-0.25, -0.2) is 0 Å². The number of rotatable bonds is 0. The van der Waals surface area contributed by atoms with E-state index in [0.29, 0.717) is 13.0 Å². The topological polar surface area (TPSA) is 96.3 Å². The minimum Gasteiger partial charge on any atom is -0.466 e. The first-order valence-electron chi connectivity index (χ1n) is 6.05. The Kier molecular flexibility index (Phi) is 13.8. The van der Waals surface area contributed by atoms with Crippen LogP contribution >= 0.6 is 0 Å². The summed E-state index contributed by atoms with van der Waals surface area (Å²) < 4.78 is 4.76. The van der Waals surface area contributed by atoms with Crippen molar-refractivity contribution < 1.29 is 9.53 Å². The summed E-state index contributed by atoms with van der Waals surface area (Å²) in [6.45, 7) is 0.638. The van der Waals surface area contributed by atoms with E-state index in [1.165, 1.54) is 38.5 Å². The minimum absolute atomic E-state index is 0. The lowest BCUT2D eigenvalue weighted by molar-refractivity contribution is -0.142. The highest BCUT2D eigenvalue weighted by Crippen LogP contribution is 2.15. The van der Waals surface area contributed by atoms with Gasteiger partial charge in [0.1, 0.15) is 0 Å². The molecular weight excluding hydrogens is 204 g/mol. The van der Waals surface area contributed by atoms with Crippen LogP contribution < -0.4 is 12.3 Å². The molecule has 0 radical (unpaired) electrons. The van der Waals surface area contributed by atoms with Crippen molar-refractivity contribution in [3.05, 3.63) is 0 Å².